The van der Waals surface area contributed by atoms with E-state index in [-0.39, 0.29) is 5.82 Å². The standard InChI is InChI=1S/C11H6ClFO/c12-11(14)10-3-1-2-7-6-8(13)4-5-9(7)10/h1-6H. The van der Waals surface area contributed by atoms with Gasteiger partial charge in [0.2, 0.25) is 0 Å². The lowest BCUT2D eigenvalue weighted by atomic mass is 10.1. The number of benzene rings is 2. The van der Waals surface area contributed by atoms with Crippen molar-refractivity contribution < 1.29 is 9.18 Å². The molecule has 2 aromatic carbocycles. The number of hydrogen-bond donors (Lipinski definition) is 0. The topological polar surface area (TPSA) is 17.1 Å². The molecule has 0 N–H and O–H groups in total. The molecule has 0 saturated heterocycles. The Bertz CT molecular complexity index is 508. The fourth-order valence-corrected chi connectivity index (χ4v) is 1.59. The predicted molar refractivity (Wildman–Crippen MR) is 54.1 cm³/mol. The number of hydrogen-bond acceptors (Lipinski definition) is 1. The normalized spacial score (nSPS) is 10.4. The fourth-order valence-electron chi connectivity index (χ4n) is 1.43. The fraction of sp³-hybridized carbons (Fsp3) is 0. The molecule has 0 aliphatic rings. The molecule has 0 bridgehead atoms. The Morgan fingerprint density at radius 2 is 2.00 bits per heavy atom. The average molecular weight is 209 g/mol. The summed E-state index contributed by atoms with van der Waals surface area (Å²) in [5, 5.41) is 0.826. The first-order chi connectivity index (χ1) is 6.68. The molecular formula is C11H6ClFO. The molecule has 0 spiro atoms. The van der Waals surface area contributed by atoms with Crippen molar-refractivity contribution in [2.24, 2.45) is 0 Å². The van der Waals surface area contributed by atoms with Crippen LogP contribution in [0.1, 0.15) is 10.4 Å². The van der Waals surface area contributed by atoms with Crippen LogP contribution in [-0.4, -0.2) is 5.24 Å². The van der Waals surface area contributed by atoms with Crippen molar-refractivity contribution in [2.45, 2.75) is 0 Å². The zero-order valence-electron chi connectivity index (χ0n) is 7.13. The Balaban J connectivity index is 2.81. The molecule has 0 aromatic heterocycles. The minimum Gasteiger partial charge on any atom is -0.276 e. The summed E-state index contributed by atoms with van der Waals surface area (Å²) in [7, 11) is 0. The van der Waals surface area contributed by atoms with Crippen LogP contribution in [-0.2, 0) is 0 Å². The van der Waals surface area contributed by atoms with Gasteiger partial charge in [0.05, 0.1) is 0 Å². The zero-order chi connectivity index (χ0) is 10.1. The molecule has 0 aliphatic heterocycles. The largest absolute Gasteiger partial charge is 0.276 e. The molecule has 0 heterocycles. The van der Waals surface area contributed by atoms with Gasteiger partial charge in [0, 0.05) is 5.56 Å². The summed E-state index contributed by atoms with van der Waals surface area (Å²) in [5.74, 6) is -0.323. The van der Waals surface area contributed by atoms with Crippen LogP contribution in [0.2, 0.25) is 0 Å². The SMILES string of the molecule is O=C(Cl)c1cccc2cc(F)ccc12. The van der Waals surface area contributed by atoms with Crippen molar-refractivity contribution >= 4 is 27.6 Å². The lowest BCUT2D eigenvalue weighted by Crippen LogP contribution is -1.90. The average Bonchev–Trinajstić information content (AvgIpc) is 2.16. The van der Waals surface area contributed by atoms with Crippen molar-refractivity contribution in [3.8, 4) is 0 Å². The van der Waals surface area contributed by atoms with Crippen molar-refractivity contribution in [1.29, 1.82) is 0 Å². The Hall–Kier alpha value is -1.41. The van der Waals surface area contributed by atoms with E-state index in [4.69, 9.17) is 11.6 Å². The monoisotopic (exact) mass is 208 g/mol. The molecule has 0 saturated carbocycles. The lowest BCUT2D eigenvalue weighted by Gasteiger charge is -2.01. The quantitative estimate of drug-likeness (QED) is 0.657. The highest BCUT2D eigenvalue weighted by molar-refractivity contribution is 6.68. The van der Waals surface area contributed by atoms with Crippen molar-refractivity contribution in [2.75, 3.05) is 0 Å². The highest BCUT2D eigenvalue weighted by atomic mass is 35.5. The van der Waals surface area contributed by atoms with Gasteiger partial charge in [-0.1, -0.05) is 18.2 Å². The van der Waals surface area contributed by atoms with E-state index in [2.05, 4.69) is 0 Å². The van der Waals surface area contributed by atoms with E-state index >= 15 is 0 Å². The van der Waals surface area contributed by atoms with Gasteiger partial charge in [0.1, 0.15) is 5.82 Å². The molecule has 2 rings (SSSR count). The Labute approximate surface area is 85.1 Å². The minimum atomic E-state index is -0.526. The molecule has 0 atom stereocenters. The molecule has 0 fully saturated rings. The van der Waals surface area contributed by atoms with Gasteiger partial charge in [-0.2, -0.15) is 0 Å². The van der Waals surface area contributed by atoms with Crippen LogP contribution in [0.4, 0.5) is 4.39 Å². The van der Waals surface area contributed by atoms with Crippen LogP contribution in [0.25, 0.3) is 10.8 Å². The first-order valence-electron chi connectivity index (χ1n) is 4.06. The molecule has 70 valence electrons. The van der Waals surface area contributed by atoms with Crippen LogP contribution in [0.5, 0.6) is 0 Å². The van der Waals surface area contributed by atoms with Crippen LogP contribution in [0, 0.1) is 5.82 Å². The molecular weight excluding hydrogens is 203 g/mol. The van der Waals surface area contributed by atoms with Gasteiger partial charge >= 0.3 is 0 Å². The number of halogens is 2. The molecule has 2 aromatic rings. The van der Waals surface area contributed by atoms with E-state index in [1.165, 1.54) is 12.1 Å². The van der Waals surface area contributed by atoms with E-state index in [0.717, 1.165) is 0 Å². The third-order valence-electron chi connectivity index (χ3n) is 2.05. The van der Waals surface area contributed by atoms with Crippen LogP contribution < -0.4 is 0 Å². The third-order valence-corrected chi connectivity index (χ3v) is 2.26. The van der Waals surface area contributed by atoms with E-state index in [1.54, 1.807) is 24.3 Å². The zero-order valence-corrected chi connectivity index (χ0v) is 7.88. The van der Waals surface area contributed by atoms with Gasteiger partial charge in [-0.25, -0.2) is 4.39 Å². The first kappa shape index (κ1) is 9.16. The van der Waals surface area contributed by atoms with Crippen LogP contribution >= 0.6 is 11.6 Å². The summed E-state index contributed by atoms with van der Waals surface area (Å²) >= 11 is 5.39. The molecule has 0 amide bonds. The van der Waals surface area contributed by atoms with Crippen molar-refractivity contribution in [3.05, 3.63) is 47.8 Å². The van der Waals surface area contributed by atoms with Gasteiger partial charge in [-0.15, -0.1) is 0 Å². The Morgan fingerprint density at radius 1 is 1.21 bits per heavy atom. The van der Waals surface area contributed by atoms with Crippen molar-refractivity contribution in [1.82, 2.24) is 0 Å². The molecule has 0 radical (unpaired) electrons. The molecule has 1 nitrogen and oxygen atoms in total. The number of fused-ring (bicyclic) bond motifs is 1. The number of carbonyl (C=O) groups is 1. The van der Waals surface area contributed by atoms with Gasteiger partial charge in [-0.3, -0.25) is 4.79 Å². The number of carbonyl (C=O) groups excluding carboxylic acids is 1. The molecule has 3 heteroatoms. The van der Waals surface area contributed by atoms with Gasteiger partial charge < -0.3 is 0 Å². The molecule has 0 aliphatic carbocycles. The van der Waals surface area contributed by atoms with Gasteiger partial charge in [-0.05, 0) is 40.6 Å². The highest BCUT2D eigenvalue weighted by Gasteiger charge is 2.06. The second-order valence-electron chi connectivity index (χ2n) is 2.94. The highest BCUT2D eigenvalue weighted by Crippen LogP contribution is 2.21. The van der Waals surface area contributed by atoms with Crippen LogP contribution in [0.3, 0.4) is 0 Å². The molecule has 0 unspecified atom stereocenters. The molecule has 14 heavy (non-hydrogen) atoms. The van der Waals surface area contributed by atoms with E-state index in [0.29, 0.717) is 16.3 Å². The second kappa shape index (κ2) is 3.39. The number of rotatable bonds is 1. The maximum atomic E-state index is 12.9. The van der Waals surface area contributed by atoms with Crippen LogP contribution in [0.15, 0.2) is 36.4 Å². The summed E-state index contributed by atoms with van der Waals surface area (Å²) in [5.41, 5.74) is 0.407. The summed E-state index contributed by atoms with van der Waals surface area (Å²) in [4.78, 5) is 11.0. The first-order valence-corrected chi connectivity index (χ1v) is 4.44. The Morgan fingerprint density at radius 3 is 2.71 bits per heavy atom. The van der Waals surface area contributed by atoms with Gasteiger partial charge in [0.25, 0.3) is 5.24 Å². The summed E-state index contributed by atoms with van der Waals surface area (Å²) in [6.45, 7) is 0. The van der Waals surface area contributed by atoms with E-state index < -0.39 is 5.24 Å². The van der Waals surface area contributed by atoms with E-state index in [1.807, 2.05) is 0 Å². The smallest absolute Gasteiger partial charge is 0.253 e. The maximum absolute atomic E-state index is 12.9. The van der Waals surface area contributed by atoms with Crippen molar-refractivity contribution in [3.63, 3.8) is 0 Å². The summed E-state index contributed by atoms with van der Waals surface area (Å²) in [6, 6.07) is 9.28. The lowest BCUT2D eigenvalue weighted by molar-refractivity contribution is 0.108. The summed E-state index contributed by atoms with van der Waals surface area (Å²) in [6.07, 6.45) is 0. The second-order valence-corrected chi connectivity index (χ2v) is 3.29. The Kier molecular flexibility index (Phi) is 2.22. The minimum absolute atomic E-state index is 0.323. The third kappa shape index (κ3) is 1.49. The van der Waals surface area contributed by atoms with Gasteiger partial charge in [0.15, 0.2) is 0 Å². The summed E-state index contributed by atoms with van der Waals surface area (Å²) < 4.78 is 12.9. The van der Waals surface area contributed by atoms with E-state index in [9.17, 15) is 9.18 Å². The predicted octanol–water partition coefficient (Wildman–Crippen LogP) is 3.36. The maximum Gasteiger partial charge on any atom is 0.253 e.